The highest BCUT2D eigenvalue weighted by Crippen LogP contribution is 2.40. The molecule has 9 heteroatoms. The lowest BCUT2D eigenvalue weighted by molar-refractivity contribution is 0.0684. The summed E-state index contributed by atoms with van der Waals surface area (Å²) in [4.78, 5) is 14.6. The third-order valence-electron chi connectivity index (χ3n) is 4.86. The molecule has 0 aromatic heterocycles. The Morgan fingerprint density at radius 3 is 2.50 bits per heavy atom. The van der Waals surface area contributed by atoms with E-state index in [1.54, 1.807) is 24.1 Å². The predicted octanol–water partition coefficient (Wildman–Crippen LogP) is 0.962. The highest BCUT2D eigenvalue weighted by Gasteiger charge is 2.30. The van der Waals surface area contributed by atoms with E-state index in [0.717, 1.165) is 0 Å². The third-order valence-corrected chi connectivity index (χ3v) is 6.21. The second kappa shape index (κ2) is 7.32. The first-order chi connectivity index (χ1) is 12.3. The summed E-state index contributed by atoms with van der Waals surface area (Å²) in [5, 5.41) is 0. The molecule has 0 unspecified atom stereocenters. The average molecular weight is 384 g/mol. The first-order valence-corrected chi connectivity index (χ1v) is 10.4. The number of sulfonamides is 1. The lowest BCUT2D eigenvalue weighted by atomic mass is 10.0. The van der Waals surface area contributed by atoms with Crippen LogP contribution in [-0.4, -0.2) is 76.3 Å². The van der Waals surface area contributed by atoms with Gasteiger partial charge in [0.05, 0.1) is 13.4 Å². The van der Waals surface area contributed by atoms with Crippen LogP contribution in [0.4, 0.5) is 0 Å². The van der Waals surface area contributed by atoms with E-state index in [0.29, 0.717) is 62.0 Å². The van der Waals surface area contributed by atoms with Crippen LogP contribution in [0.15, 0.2) is 12.1 Å². The van der Waals surface area contributed by atoms with Gasteiger partial charge in [-0.15, -0.1) is 0 Å². The van der Waals surface area contributed by atoms with Gasteiger partial charge in [-0.1, -0.05) is 0 Å². The first-order valence-electron chi connectivity index (χ1n) is 8.51. The van der Waals surface area contributed by atoms with Gasteiger partial charge < -0.3 is 19.1 Å². The van der Waals surface area contributed by atoms with Gasteiger partial charge in [-0.05, 0) is 25.0 Å². The fraction of sp³-hybridized carbons (Fsp3) is 0.588. The molecule has 1 aromatic rings. The minimum atomic E-state index is -3.23. The number of piperidine rings is 1. The normalized spacial score (nSPS) is 18.1. The minimum absolute atomic E-state index is 0.0798. The van der Waals surface area contributed by atoms with E-state index in [2.05, 4.69) is 0 Å². The van der Waals surface area contributed by atoms with Crippen molar-refractivity contribution in [2.24, 2.45) is 0 Å². The number of amides is 1. The van der Waals surface area contributed by atoms with Crippen LogP contribution in [0.1, 0.15) is 23.2 Å². The molecular weight excluding hydrogens is 360 g/mol. The maximum absolute atomic E-state index is 12.9. The van der Waals surface area contributed by atoms with Gasteiger partial charge in [0.15, 0.2) is 11.5 Å². The highest BCUT2D eigenvalue weighted by molar-refractivity contribution is 7.88. The maximum Gasteiger partial charge on any atom is 0.254 e. The second-order valence-corrected chi connectivity index (χ2v) is 8.55. The van der Waals surface area contributed by atoms with Crippen molar-refractivity contribution >= 4 is 15.9 Å². The quantitative estimate of drug-likeness (QED) is 0.769. The lowest BCUT2D eigenvalue weighted by Gasteiger charge is -2.35. The number of carbonyl (C=O) groups excluding carboxylic acids is 1. The number of ether oxygens (including phenoxy) is 3. The molecule has 1 fully saturated rings. The van der Waals surface area contributed by atoms with Crippen molar-refractivity contribution in [3.63, 3.8) is 0 Å². The van der Waals surface area contributed by atoms with Crippen molar-refractivity contribution in [1.82, 2.24) is 9.21 Å². The minimum Gasteiger partial charge on any atom is -0.493 e. The zero-order chi connectivity index (χ0) is 18.9. The zero-order valence-corrected chi connectivity index (χ0v) is 16.0. The Hall–Kier alpha value is -2.00. The van der Waals surface area contributed by atoms with Gasteiger partial charge in [0.25, 0.3) is 5.91 Å². The fourth-order valence-electron chi connectivity index (χ4n) is 3.28. The summed E-state index contributed by atoms with van der Waals surface area (Å²) in [6.45, 7) is 1.87. The van der Waals surface area contributed by atoms with Crippen molar-refractivity contribution in [3.8, 4) is 17.2 Å². The summed E-state index contributed by atoms with van der Waals surface area (Å²) >= 11 is 0. The van der Waals surface area contributed by atoms with Crippen LogP contribution in [0.5, 0.6) is 17.2 Å². The number of rotatable bonds is 4. The maximum atomic E-state index is 12.9. The third kappa shape index (κ3) is 3.73. The molecule has 2 aliphatic heterocycles. The summed E-state index contributed by atoms with van der Waals surface area (Å²) < 4.78 is 41.2. The molecule has 144 valence electrons. The number of hydrogen-bond acceptors (Lipinski definition) is 6. The molecule has 8 nitrogen and oxygen atoms in total. The summed E-state index contributed by atoms with van der Waals surface area (Å²) in [6, 6.07) is 3.25. The van der Waals surface area contributed by atoms with Crippen LogP contribution < -0.4 is 14.2 Å². The van der Waals surface area contributed by atoms with Gasteiger partial charge in [0.1, 0.15) is 13.2 Å². The summed E-state index contributed by atoms with van der Waals surface area (Å²) in [5.41, 5.74) is 0.473. The Morgan fingerprint density at radius 1 is 1.23 bits per heavy atom. The van der Waals surface area contributed by atoms with Crippen LogP contribution in [0.2, 0.25) is 0 Å². The van der Waals surface area contributed by atoms with Crippen molar-refractivity contribution in [3.05, 3.63) is 17.7 Å². The average Bonchev–Trinajstić information content (AvgIpc) is 2.65. The highest BCUT2D eigenvalue weighted by atomic mass is 32.2. The molecule has 2 aliphatic rings. The van der Waals surface area contributed by atoms with Crippen LogP contribution >= 0.6 is 0 Å². The number of carbonyl (C=O) groups is 1. The van der Waals surface area contributed by atoms with Crippen molar-refractivity contribution in [1.29, 1.82) is 0 Å². The lowest BCUT2D eigenvalue weighted by Crippen LogP contribution is -2.47. The van der Waals surface area contributed by atoms with Gasteiger partial charge in [-0.3, -0.25) is 4.79 Å². The number of hydrogen-bond donors (Lipinski definition) is 0. The number of likely N-dealkylation sites (tertiary alicyclic amines) is 1. The van der Waals surface area contributed by atoms with Crippen LogP contribution in [-0.2, 0) is 10.0 Å². The van der Waals surface area contributed by atoms with E-state index in [9.17, 15) is 13.2 Å². The van der Waals surface area contributed by atoms with Crippen LogP contribution in [0, 0.1) is 0 Å². The predicted molar refractivity (Wildman–Crippen MR) is 95.5 cm³/mol. The molecule has 0 saturated carbocycles. The van der Waals surface area contributed by atoms with Gasteiger partial charge in [-0.2, -0.15) is 0 Å². The molecule has 2 heterocycles. The number of fused-ring (bicyclic) bond motifs is 1. The number of nitrogens with zero attached hydrogens (tertiary/aromatic N) is 2. The molecule has 0 atom stereocenters. The standard InChI is InChI=1S/C17H24N2O6S/c1-18(26(3,21)22)13-4-6-19(7-5-13)17(20)12-10-14(23-2)16-15(11-12)24-8-9-25-16/h10-11,13H,4-9H2,1-3H3. The molecule has 0 N–H and O–H groups in total. The second-order valence-electron chi connectivity index (χ2n) is 6.51. The molecule has 0 bridgehead atoms. The molecule has 0 radical (unpaired) electrons. The summed E-state index contributed by atoms with van der Waals surface area (Å²) in [6.07, 6.45) is 2.42. The summed E-state index contributed by atoms with van der Waals surface area (Å²) in [7, 11) is -0.120. The van der Waals surface area contributed by atoms with Crippen molar-refractivity contribution in [2.75, 3.05) is 46.7 Å². The largest absolute Gasteiger partial charge is 0.493 e. The van der Waals surface area contributed by atoms with Crippen molar-refractivity contribution in [2.45, 2.75) is 18.9 Å². The van der Waals surface area contributed by atoms with E-state index in [1.165, 1.54) is 17.7 Å². The Bertz CT molecular complexity index is 769. The van der Waals surface area contributed by atoms with Gasteiger partial charge in [-0.25, -0.2) is 12.7 Å². The van der Waals surface area contributed by atoms with Gasteiger partial charge in [0, 0.05) is 31.7 Å². The number of methoxy groups -OCH3 is 1. The van der Waals surface area contributed by atoms with E-state index in [-0.39, 0.29) is 11.9 Å². The van der Waals surface area contributed by atoms with Crippen molar-refractivity contribution < 1.29 is 27.4 Å². The first kappa shape index (κ1) is 18.8. The van der Waals surface area contributed by atoms with E-state index in [4.69, 9.17) is 14.2 Å². The molecule has 26 heavy (non-hydrogen) atoms. The van der Waals surface area contributed by atoms with Crippen LogP contribution in [0.3, 0.4) is 0 Å². The molecule has 1 aromatic carbocycles. The smallest absolute Gasteiger partial charge is 0.254 e. The Labute approximate surface area is 153 Å². The molecule has 1 amide bonds. The van der Waals surface area contributed by atoms with E-state index < -0.39 is 10.0 Å². The fourth-order valence-corrected chi connectivity index (χ4v) is 4.03. The Balaban J connectivity index is 1.73. The molecule has 0 spiro atoms. The molecule has 1 saturated heterocycles. The molecule has 3 rings (SSSR count). The zero-order valence-electron chi connectivity index (χ0n) is 15.2. The van der Waals surface area contributed by atoms with E-state index >= 15 is 0 Å². The van der Waals surface area contributed by atoms with Gasteiger partial charge in [0.2, 0.25) is 15.8 Å². The summed E-state index contributed by atoms with van der Waals surface area (Å²) in [5.74, 6) is 1.37. The topological polar surface area (TPSA) is 85.4 Å². The Kier molecular flexibility index (Phi) is 5.29. The monoisotopic (exact) mass is 384 g/mol. The number of benzene rings is 1. The SMILES string of the molecule is COc1cc(C(=O)N2CCC(N(C)S(C)(=O)=O)CC2)cc2c1OCCO2. The molecule has 0 aliphatic carbocycles. The van der Waals surface area contributed by atoms with Gasteiger partial charge >= 0.3 is 0 Å². The Morgan fingerprint density at radius 2 is 1.88 bits per heavy atom. The van der Waals surface area contributed by atoms with Crippen LogP contribution in [0.25, 0.3) is 0 Å². The van der Waals surface area contributed by atoms with E-state index in [1.807, 2.05) is 0 Å². The molecular formula is C17H24N2O6S.